The van der Waals surface area contributed by atoms with Crippen molar-refractivity contribution in [2.24, 2.45) is 0 Å². The highest BCUT2D eigenvalue weighted by Crippen LogP contribution is 2.05. The minimum atomic E-state index is -0.395. The molecule has 0 aromatic rings. The van der Waals surface area contributed by atoms with E-state index in [9.17, 15) is 9.59 Å². The largest absolute Gasteiger partial charge is 0.347 e. The summed E-state index contributed by atoms with van der Waals surface area (Å²) in [6.45, 7) is 6.08. The Morgan fingerprint density at radius 1 is 1.50 bits per heavy atom. The molecular formula is C9H16N3O2. The van der Waals surface area contributed by atoms with E-state index in [1.165, 1.54) is 4.90 Å². The number of nitrogens with zero attached hydrogens (tertiary/aromatic N) is 3. The standard InChI is InChI=1S/C9H16N3O2/c1-3-11(4-2)9(14)12-7-5-6-10-8(12)13/h3-7H2,1-2H3. The van der Waals surface area contributed by atoms with E-state index in [0.29, 0.717) is 26.2 Å². The van der Waals surface area contributed by atoms with E-state index in [1.54, 1.807) is 4.90 Å². The summed E-state index contributed by atoms with van der Waals surface area (Å²) in [4.78, 5) is 25.9. The summed E-state index contributed by atoms with van der Waals surface area (Å²) >= 11 is 0. The number of hydrogen-bond donors (Lipinski definition) is 0. The first kappa shape index (κ1) is 10.8. The number of urea groups is 2. The van der Waals surface area contributed by atoms with Gasteiger partial charge in [0.25, 0.3) is 0 Å². The highest BCUT2D eigenvalue weighted by molar-refractivity contribution is 5.93. The van der Waals surface area contributed by atoms with Crippen molar-refractivity contribution in [2.75, 3.05) is 26.2 Å². The fourth-order valence-electron chi connectivity index (χ4n) is 1.43. The monoisotopic (exact) mass is 198 g/mol. The van der Waals surface area contributed by atoms with Gasteiger partial charge in [-0.25, -0.2) is 19.8 Å². The molecule has 1 radical (unpaired) electrons. The van der Waals surface area contributed by atoms with E-state index in [0.717, 1.165) is 6.42 Å². The zero-order chi connectivity index (χ0) is 10.6. The maximum atomic E-state index is 11.7. The van der Waals surface area contributed by atoms with Gasteiger partial charge >= 0.3 is 12.1 Å². The van der Waals surface area contributed by atoms with E-state index in [1.807, 2.05) is 13.8 Å². The van der Waals surface area contributed by atoms with Gasteiger partial charge in [0.05, 0.1) is 0 Å². The van der Waals surface area contributed by atoms with Crippen molar-refractivity contribution in [2.45, 2.75) is 20.3 Å². The molecule has 5 nitrogen and oxygen atoms in total. The molecule has 1 heterocycles. The van der Waals surface area contributed by atoms with Crippen LogP contribution in [0.5, 0.6) is 0 Å². The van der Waals surface area contributed by atoms with Crippen molar-refractivity contribution in [3.63, 3.8) is 0 Å². The van der Waals surface area contributed by atoms with Gasteiger partial charge in [-0.3, -0.25) is 0 Å². The average molecular weight is 198 g/mol. The molecule has 1 saturated heterocycles. The van der Waals surface area contributed by atoms with E-state index in [2.05, 4.69) is 5.32 Å². The van der Waals surface area contributed by atoms with Crippen LogP contribution in [-0.4, -0.2) is 48.0 Å². The fourth-order valence-corrected chi connectivity index (χ4v) is 1.43. The SMILES string of the molecule is CCN(CC)C(=O)N1CCC[N]C1=O. The maximum absolute atomic E-state index is 11.7. The molecular weight excluding hydrogens is 182 g/mol. The summed E-state index contributed by atoms with van der Waals surface area (Å²) in [6.07, 6.45) is 0.777. The minimum absolute atomic E-state index is 0.219. The van der Waals surface area contributed by atoms with Crippen molar-refractivity contribution in [3.05, 3.63) is 0 Å². The van der Waals surface area contributed by atoms with E-state index in [4.69, 9.17) is 0 Å². The van der Waals surface area contributed by atoms with Crippen LogP contribution in [0.1, 0.15) is 20.3 Å². The smallest absolute Gasteiger partial charge is 0.325 e. The molecule has 1 aliphatic heterocycles. The van der Waals surface area contributed by atoms with Gasteiger partial charge in [-0.2, -0.15) is 0 Å². The van der Waals surface area contributed by atoms with E-state index < -0.39 is 6.03 Å². The second-order valence-electron chi connectivity index (χ2n) is 3.12. The molecule has 0 bridgehead atoms. The van der Waals surface area contributed by atoms with Gasteiger partial charge in [0.15, 0.2) is 0 Å². The minimum Gasteiger partial charge on any atom is -0.325 e. The second-order valence-corrected chi connectivity index (χ2v) is 3.12. The molecule has 0 N–H and O–H groups in total. The summed E-state index contributed by atoms with van der Waals surface area (Å²) in [7, 11) is 0. The average Bonchev–Trinajstić information content (AvgIpc) is 2.20. The van der Waals surface area contributed by atoms with Gasteiger partial charge < -0.3 is 4.90 Å². The number of carbonyl (C=O) groups is 2. The second kappa shape index (κ2) is 4.83. The number of imide groups is 1. The topological polar surface area (TPSA) is 54.7 Å². The van der Waals surface area contributed by atoms with Crippen LogP contribution < -0.4 is 5.32 Å². The Morgan fingerprint density at radius 3 is 2.64 bits per heavy atom. The number of carbonyl (C=O) groups excluding carboxylic acids is 2. The zero-order valence-corrected chi connectivity index (χ0v) is 8.69. The molecule has 1 fully saturated rings. The summed E-state index contributed by atoms with van der Waals surface area (Å²) in [5, 5.41) is 3.72. The molecule has 0 spiro atoms. The third kappa shape index (κ3) is 2.16. The molecule has 0 aliphatic carbocycles. The fraction of sp³-hybridized carbons (Fsp3) is 0.778. The summed E-state index contributed by atoms with van der Waals surface area (Å²) in [5.41, 5.74) is 0. The van der Waals surface area contributed by atoms with Crippen LogP contribution in [0.2, 0.25) is 0 Å². The van der Waals surface area contributed by atoms with Crippen LogP contribution in [0.15, 0.2) is 0 Å². The Kier molecular flexibility index (Phi) is 3.73. The molecule has 79 valence electrons. The molecule has 0 saturated carbocycles. The first-order valence-corrected chi connectivity index (χ1v) is 4.98. The number of hydrogen-bond acceptors (Lipinski definition) is 2. The lowest BCUT2D eigenvalue weighted by atomic mass is 10.3. The van der Waals surface area contributed by atoms with Gasteiger partial charge in [0.2, 0.25) is 0 Å². The molecule has 5 heteroatoms. The molecule has 0 atom stereocenters. The third-order valence-corrected chi connectivity index (χ3v) is 2.28. The maximum Gasteiger partial charge on any atom is 0.347 e. The molecule has 0 aromatic heterocycles. The van der Waals surface area contributed by atoms with Crippen molar-refractivity contribution in [1.29, 1.82) is 0 Å². The lowest BCUT2D eigenvalue weighted by Gasteiger charge is -2.29. The summed E-state index contributed by atoms with van der Waals surface area (Å²) < 4.78 is 0. The molecule has 0 unspecified atom stereocenters. The van der Waals surface area contributed by atoms with Crippen LogP contribution in [0, 0.1) is 0 Å². The van der Waals surface area contributed by atoms with Crippen molar-refractivity contribution in [1.82, 2.24) is 15.1 Å². The van der Waals surface area contributed by atoms with Crippen LogP contribution in [-0.2, 0) is 0 Å². The Balaban J connectivity index is 2.61. The lowest BCUT2D eigenvalue weighted by Crippen LogP contribution is -2.51. The molecule has 4 amide bonds. The Bertz CT molecular complexity index is 226. The zero-order valence-electron chi connectivity index (χ0n) is 8.69. The quantitative estimate of drug-likeness (QED) is 0.661. The van der Waals surface area contributed by atoms with Crippen molar-refractivity contribution >= 4 is 12.1 Å². The normalized spacial score (nSPS) is 16.4. The highest BCUT2D eigenvalue weighted by atomic mass is 16.2. The van der Waals surface area contributed by atoms with Gasteiger partial charge in [-0.1, -0.05) is 0 Å². The summed E-state index contributed by atoms with van der Waals surface area (Å²) in [5.74, 6) is 0. The highest BCUT2D eigenvalue weighted by Gasteiger charge is 2.27. The van der Waals surface area contributed by atoms with Crippen LogP contribution in [0.25, 0.3) is 0 Å². The van der Waals surface area contributed by atoms with Gasteiger partial charge in [-0.15, -0.1) is 0 Å². The van der Waals surface area contributed by atoms with Gasteiger partial charge in [0.1, 0.15) is 0 Å². The van der Waals surface area contributed by atoms with Crippen LogP contribution in [0.4, 0.5) is 9.59 Å². The van der Waals surface area contributed by atoms with Gasteiger partial charge in [-0.05, 0) is 20.3 Å². The van der Waals surface area contributed by atoms with E-state index >= 15 is 0 Å². The molecule has 0 aromatic carbocycles. The lowest BCUT2D eigenvalue weighted by molar-refractivity contribution is 0.150. The first-order chi connectivity index (χ1) is 6.70. The van der Waals surface area contributed by atoms with Crippen molar-refractivity contribution < 1.29 is 9.59 Å². The Morgan fingerprint density at radius 2 is 2.14 bits per heavy atom. The van der Waals surface area contributed by atoms with Gasteiger partial charge in [0, 0.05) is 26.2 Å². The molecule has 14 heavy (non-hydrogen) atoms. The number of amides is 4. The third-order valence-electron chi connectivity index (χ3n) is 2.28. The molecule has 1 aliphatic rings. The molecule has 1 rings (SSSR count). The van der Waals surface area contributed by atoms with E-state index in [-0.39, 0.29) is 6.03 Å². The predicted octanol–water partition coefficient (Wildman–Crippen LogP) is 0.878. The van der Waals surface area contributed by atoms with Crippen molar-refractivity contribution in [3.8, 4) is 0 Å². The Labute approximate surface area is 84.0 Å². The number of rotatable bonds is 2. The Hall–Kier alpha value is -1.26. The predicted molar refractivity (Wildman–Crippen MR) is 52.0 cm³/mol. The van der Waals surface area contributed by atoms with Crippen LogP contribution >= 0.6 is 0 Å². The first-order valence-electron chi connectivity index (χ1n) is 4.98. The van der Waals surface area contributed by atoms with Crippen LogP contribution in [0.3, 0.4) is 0 Å². The summed E-state index contributed by atoms with van der Waals surface area (Å²) in [6, 6.07) is -0.614.